The molecule has 0 bridgehead atoms. The third-order valence-corrected chi connectivity index (χ3v) is 3.31. The van der Waals surface area contributed by atoms with Gasteiger partial charge in [0.2, 0.25) is 11.8 Å². The normalized spacial score (nSPS) is 11.0. The number of carbonyl (C=O) groups is 2. The standard InChI is InChI=1S/C16H12ClF3N2O2/c17-11-6-2-4-8-13(11)22-15(24)9-14(23)21-12-7-3-1-5-10(12)16(18,19)20/h1-8H,9H2,(H,21,23)(H,22,24). The number of benzene rings is 2. The number of alkyl halides is 3. The Kier molecular flexibility index (Phi) is 5.46. The molecule has 0 spiro atoms. The molecule has 2 rings (SSSR count). The fourth-order valence-corrected chi connectivity index (χ4v) is 2.12. The van der Waals surface area contributed by atoms with E-state index in [0.29, 0.717) is 5.69 Å². The maximum Gasteiger partial charge on any atom is 0.418 e. The van der Waals surface area contributed by atoms with Crippen LogP contribution in [0, 0.1) is 0 Å². The number of para-hydroxylation sites is 2. The number of rotatable bonds is 4. The Bertz CT molecular complexity index is 763. The van der Waals surface area contributed by atoms with Crippen LogP contribution in [0.1, 0.15) is 12.0 Å². The highest BCUT2D eigenvalue weighted by atomic mass is 35.5. The summed E-state index contributed by atoms with van der Waals surface area (Å²) < 4.78 is 38.5. The monoisotopic (exact) mass is 356 g/mol. The third kappa shape index (κ3) is 4.73. The van der Waals surface area contributed by atoms with Gasteiger partial charge in [0.25, 0.3) is 0 Å². The first-order valence-corrected chi connectivity index (χ1v) is 7.15. The molecule has 8 heteroatoms. The molecule has 0 aliphatic heterocycles. The minimum atomic E-state index is -4.61. The minimum absolute atomic E-state index is 0.286. The van der Waals surface area contributed by atoms with Crippen LogP contribution in [0.15, 0.2) is 48.5 Å². The van der Waals surface area contributed by atoms with Crippen LogP contribution in [0.5, 0.6) is 0 Å². The molecule has 24 heavy (non-hydrogen) atoms. The summed E-state index contributed by atoms with van der Waals surface area (Å²) in [5, 5.41) is 4.80. The molecule has 2 aromatic carbocycles. The molecule has 0 saturated heterocycles. The van der Waals surface area contributed by atoms with E-state index in [4.69, 9.17) is 11.6 Å². The first-order valence-electron chi connectivity index (χ1n) is 6.78. The van der Waals surface area contributed by atoms with Crippen LogP contribution in [-0.4, -0.2) is 11.8 Å². The maximum atomic E-state index is 12.8. The summed E-state index contributed by atoms with van der Waals surface area (Å²) in [7, 11) is 0. The van der Waals surface area contributed by atoms with Crippen LogP contribution < -0.4 is 10.6 Å². The van der Waals surface area contributed by atoms with Gasteiger partial charge in [-0.05, 0) is 24.3 Å². The van der Waals surface area contributed by atoms with Crippen LogP contribution in [0.25, 0.3) is 0 Å². The number of halogens is 4. The van der Waals surface area contributed by atoms with E-state index >= 15 is 0 Å². The first kappa shape index (κ1) is 17.8. The molecule has 0 saturated carbocycles. The summed E-state index contributed by atoms with van der Waals surface area (Å²) >= 11 is 5.87. The van der Waals surface area contributed by atoms with E-state index in [1.165, 1.54) is 18.2 Å². The molecular formula is C16H12ClF3N2O2. The third-order valence-electron chi connectivity index (χ3n) is 2.98. The van der Waals surface area contributed by atoms with Gasteiger partial charge in [-0.2, -0.15) is 13.2 Å². The highest BCUT2D eigenvalue weighted by Crippen LogP contribution is 2.34. The smallest absolute Gasteiger partial charge is 0.325 e. The number of anilines is 2. The summed E-state index contributed by atoms with van der Waals surface area (Å²) in [4.78, 5) is 23.6. The fraction of sp³-hybridized carbons (Fsp3) is 0.125. The lowest BCUT2D eigenvalue weighted by Crippen LogP contribution is -2.23. The molecule has 2 N–H and O–H groups in total. The number of hydrogen-bond donors (Lipinski definition) is 2. The topological polar surface area (TPSA) is 58.2 Å². The SMILES string of the molecule is O=C(CC(=O)Nc1ccccc1C(F)(F)F)Nc1ccccc1Cl. The van der Waals surface area contributed by atoms with Gasteiger partial charge >= 0.3 is 6.18 Å². The zero-order valence-corrected chi connectivity index (χ0v) is 12.9. The molecule has 0 aromatic heterocycles. The van der Waals surface area contributed by atoms with Crippen molar-refractivity contribution < 1.29 is 22.8 Å². The molecule has 0 heterocycles. The van der Waals surface area contributed by atoms with Crippen LogP contribution in [0.3, 0.4) is 0 Å². The number of carbonyl (C=O) groups excluding carboxylic acids is 2. The Labute approximate surface area is 140 Å². The fourth-order valence-electron chi connectivity index (χ4n) is 1.94. The second-order valence-corrected chi connectivity index (χ2v) is 5.20. The van der Waals surface area contributed by atoms with Gasteiger partial charge in [0.1, 0.15) is 6.42 Å². The zero-order valence-electron chi connectivity index (χ0n) is 12.2. The molecule has 0 aliphatic carbocycles. The van der Waals surface area contributed by atoms with Crippen molar-refractivity contribution in [3.8, 4) is 0 Å². The average molecular weight is 357 g/mol. The van der Waals surface area contributed by atoms with E-state index in [-0.39, 0.29) is 5.02 Å². The lowest BCUT2D eigenvalue weighted by molar-refractivity contribution is -0.137. The molecule has 2 aromatic rings. The van der Waals surface area contributed by atoms with Gasteiger partial charge in [-0.3, -0.25) is 9.59 Å². The van der Waals surface area contributed by atoms with E-state index in [0.717, 1.165) is 12.1 Å². The Hall–Kier alpha value is -2.54. The minimum Gasteiger partial charge on any atom is -0.325 e. The predicted octanol–water partition coefficient (Wildman–Crippen LogP) is 4.33. The van der Waals surface area contributed by atoms with E-state index in [1.807, 2.05) is 0 Å². The van der Waals surface area contributed by atoms with Crippen LogP contribution in [0.4, 0.5) is 24.5 Å². The van der Waals surface area contributed by atoms with Crippen molar-refractivity contribution in [1.29, 1.82) is 0 Å². The maximum absolute atomic E-state index is 12.8. The lowest BCUT2D eigenvalue weighted by Gasteiger charge is -2.13. The van der Waals surface area contributed by atoms with Crippen molar-refractivity contribution in [1.82, 2.24) is 0 Å². The summed E-state index contributed by atoms with van der Waals surface area (Å²) in [5.41, 5.74) is -1.07. The Balaban J connectivity index is 2.02. The second-order valence-electron chi connectivity index (χ2n) is 4.80. The van der Waals surface area contributed by atoms with Crippen molar-refractivity contribution in [3.63, 3.8) is 0 Å². The van der Waals surface area contributed by atoms with Crippen molar-refractivity contribution in [2.24, 2.45) is 0 Å². The second kappa shape index (κ2) is 7.35. The Morgan fingerprint density at radius 1 is 0.875 bits per heavy atom. The van der Waals surface area contributed by atoms with Crippen molar-refractivity contribution in [2.75, 3.05) is 10.6 Å². The van der Waals surface area contributed by atoms with E-state index in [1.54, 1.807) is 18.2 Å². The summed E-state index contributed by atoms with van der Waals surface area (Å²) in [6.07, 6.45) is -5.25. The molecule has 0 aliphatic rings. The quantitative estimate of drug-likeness (QED) is 0.801. The van der Waals surface area contributed by atoms with Crippen LogP contribution >= 0.6 is 11.6 Å². The molecule has 0 unspecified atom stereocenters. The summed E-state index contributed by atoms with van der Waals surface area (Å²) in [5.74, 6) is -1.55. The Morgan fingerprint density at radius 2 is 1.38 bits per heavy atom. The van der Waals surface area contributed by atoms with E-state index < -0.39 is 35.7 Å². The van der Waals surface area contributed by atoms with Gasteiger partial charge in [-0.25, -0.2) is 0 Å². The van der Waals surface area contributed by atoms with Crippen molar-refractivity contribution in [2.45, 2.75) is 12.6 Å². The molecular weight excluding hydrogens is 345 g/mol. The number of hydrogen-bond acceptors (Lipinski definition) is 2. The van der Waals surface area contributed by atoms with Crippen LogP contribution in [-0.2, 0) is 15.8 Å². The highest BCUT2D eigenvalue weighted by molar-refractivity contribution is 6.33. The Morgan fingerprint density at radius 3 is 1.96 bits per heavy atom. The van der Waals surface area contributed by atoms with Gasteiger partial charge in [0, 0.05) is 0 Å². The van der Waals surface area contributed by atoms with Crippen molar-refractivity contribution >= 4 is 34.8 Å². The number of nitrogens with one attached hydrogen (secondary N) is 2. The first-order chi connectivity index (χ1) is 11.3. The average Bonchev–Trinajstić information content (AvgIpc) is 2.49. The molecule has 0 atom stereocenters. The highest BCUT2D eigenvalue weighted by Gasteiger charge is 2.33. The molecule has 126 valence electrons. The summed E-state index contributed by atoms with van der Waals surface area (Å²) in [6, 6.07) is 10.9. The van der Waals surface area contributed by atoms with E-state index in [2.05, 4.69) is 10.6 Å². The molecule has 0 fully saturated rings. The predicted molar refractivity (Wildman–Crippen MR) is 84.8 cm³/mol. The molecule has 0 radical (unpaired) electrons. The molecule has 4 nitrogen and oxygen atoms in total. The van der Waals surface area contributed by atoms with E-state index in [9.17, 15) is 22.8 Å². The van der Waals surface area contributed by atoms with Gasteiger partial charge in [-0.1, -0.05) is 35.9 Å². The molecule has 2 amide bonds. The van der Waals surface area contributed by atoms with Gasteiger partial charge in [-0.15, -0.1) is 0 Å². The zero-order chi connectivity index (χ0) is 17.7. The van der Waals surface area contributed by atoms with Crippen LogP contribution in [0.2, 0.25) is 5.02 Å². The van der Waals surface area contributed by atoms with Gasteiger partial charge in [0.05, 0.1) is 22.0 Å². The largest absolute Gasteiger partial charge is 0.418 e. The lowest BCUT2D eigenvalue weighted by atomic mass is 10.1. The van der Waals surface area contributed by atoms with Gasteiger partial charge < -0.3 is 10.6 Å². The summed E-state index contributed by atoms with van der Waals surface area (Å²) in [6.45, 7) is 0. The number of amides is 2. The van der Waals surface area contributed by atoms with Crippen molar-refractivity contribution in [3.05, 3.63) is 59.1 Å². The van der Waals surface area contributed by atoms with Gasteiger partial charge in [0.15, 0.2) is 0 Å².